The van der Waals surface area contributed by atoms with Crippen molar-refractivity contribution in [3.8, 4) is 0 Å². The minimum absolute atomic E-state index is 0.0862. The molecule has 4 nitrogen and oxygen atoms in total. The average Bonchev–Trinajstić information content (AvgIpc) is 2.62. The molecule has 110 valence electrons. The zero-order valence-electron chi connectivity index (χ0n) is 11.6. The molecule has 0 aliphatic heterocycles. The molecule has 1 aromatic carbocycles. The molecule has 6 heteroatoms. The lowest BCUT2D eigenvalue weighted by Crippen LogP contribution is -2.15. The van der Waals surface area contributed by atoms with Crippen LogP contribution in [0.2, 0.25) is 0 Å². The van der Waals surface area contributed by atoms with E-state index < -0.39 is 11.8 Å². The number of rotatable bonds is 4. The Balaban J connectivity index is 2.36. The first-order valence-electron chi connectivity index (χ1n) is 6.24. The normalized spacial score (nSPS) is 11.2. The summed E-state index contributed by atoms with van der Waals surface area (Å²) in [4.78, 5) is 23.2. The number of carbonyl (C=O) groups is 1. The topological polar surface area (TPSA) is 59.3 Å². The van der Waals surface area contributed by atoms with Crippen LogP contribution in [0.1, 0.15) is 21.7 Å². The van der Waals surface area contributed by atoms with E-state index in [0.29, 0.717) is 11.1 Å². The third-order valence-electron chi connectivity index (χ3n) is 3.11. The maximum atomic E-state index is 13.6. The van der Waals surface area contributed by atoms with Gasteiger partial charge < -0.3 is 5.11 Å². The van der Waals surface area contributed by atoms with E-state index in [9.17, 15) is 14.0 Å². The second kappa shape index (κ2) is 6.05. The molecule has 0 bridgehead atoms. The lowest BCUT2D eigenvalue weighted by molar-refractivity contribution is -0.131. The van der Waals surface area contributed by atoms with E-state index >= 15 is 0 Å². The molecular formula is C15H14FNO3S. The Morgan fingerprint density at radius 2 is 2.10 bits per heavy atom. The van der Waals surface area contributed by atoms with E-state index in [2.05, 4.69) is 0 Å². The van der Waals surface area contributed by atoms with Gasteiger partial charge >= 0.3 is 10.8 Å². The number of hydrogen-bond donors (Lipinski definition) is 1. The number of aromatic nitrogens is 1. The molecule has 1 aromatic heterocycles. The predicted molar refractivity (Wildman–Crippen MR) is 80.2 cm³/mol. The monoisotopic (exact) mass is 307 g/mol. The fraction of sp³-hybridized carbons (Fsp3) is 0.200. The molecule has 0 fully saturated rings. The van der Waals surface area contributed by atoms with Crippen LogP contribution in [0.5, 0.6) is 0 Å². The number of aryl methyl sites for hydroxylation is 1. The second-order valence-corrected chi connectivity index (χ2v) is 5.83. The maximum absolute atomic E-state index is 13.6. The summed E-state index contributed by atoms with van der Waals surface area (Å²) in [5.74, 6) is -1.56. The molecule has 0 saturated carbocycles. The molecule has 0 amide bonds. The van der Waals surface area contributed by atoms with Crippen LogP contribution in [0.25, 0.3) is 6.08 Å². The molecule has 1 N–H and O–H groups in total. The molecule has 2 rings (SSSR count). The summed E-state index contributed by atoms with van der Waals surface area (Å²) >= 11 is 1.16. The van der Waals surface area contributed by atoms with Gasteiger partial charge in [-0.3, -0.25) is 9.36 Å². The van der Waals surface area contributed by atoms with Crippen LogP contribution in [0.4, 0.5) is 4.39 Å². The number of nitrogens with zero attached hydrogens (tertiary/aromatic N) is 1. The van der Waals surface area contributed by atoms with Gasteiger partial charge in [0, 0.05) is 16.6 Å². The smallest absolute Gasteiger partial charge is 0.328 e. The van der Waals surface area contributed by atoms with E-state index in [0.717, 1.165) is 28.0 Å². The van der Waals surface area contributed by atoms with Gasteiger partial charge in [-0.2, -0.15) is 0 Å². The van der Waals surface area contributed by atoms with Gasteiger partial charge in [0.15, 0.2) is 0 Å². The molecule has 0 saturated heterocycles. The Morgan fingerprint density at radius 1 is 1.38 bits per heavy atom. The molecule has 0 atom stereocenters. The first-order valence-corrected chi connectivity index (χ1v) is 7.06. The number of hydrogen-bond acceptors (Lipinski definition) is 3. The van der Waals surface area contributed by atoms with Crippen molar-refractivity contribution in [2.45, 2.75) is 20.4 Å². The number of carboxylic acids is 1. The van der Waals surface area contributed by atoms with Crippen molar-refractivity contribution in [2.24, 2.45) is 0 Å². The van der Waals surface area contributed by atoms with Gasteiger partial charge in [-0.1, -0.05) is 11.3 Å². The first kappa shape index (κ1) is 15.2. The summed E-state index contributed by atoms with van der Waals surface area (Å²) in [6, 6.07) is 4.26. The Bertz CT molecular complexity index is 774. The SMILES string of the molecule is Cc1sc(=O)n(Cc2cc(F)cc(C=CC(=O)O)c2)c1C. The molecule has 2 aromatic rings. The fourth-order valence-electron chi connectivity index (χ4n) is 1.98. The molecule has 0 aliphatic rings. The Morgan fingerprint density at radius 3 is 2.67 bits per heavy atom. The van der Waals surface area contributed by atoms with E-state index in [1.54, 1.807) is 10.6 Å². The van der Waals surface area contributed by atoms with Gasteiger partial charge in [-0.15, -0.1) is 0 Å². The summed E-state index contributed by atoms with van der Waals surface area (Å²) < 4.78 is 15.2. The lowest BCUT2D eigenvalue weighted by atomic mass is 10.1. The number of carboxylic acid groups (broad SMARTS) is 1. The number of benzene rings is 1. The zero-order chi connectivity index (χ0) is 15.6. The summed E-state index contributed by atoms with van der Waals surface area (Å²) in [6.45, 7) is 3.98. The Hall–Kier alpha value is -2.21. The van der Waals surface area contributed by atoms with Crippen molar-refractivity contribution in [1.29, 1.82) is 0 Å². The minimum Gasteiger partial charge on any atom is -0.478 e. The second-order valence-electron chi connectivity index (χ2n) is 4.66. The van der Waals surface area contributed by atoms with Gasteiger partial charge in [-0.05, 0) is 49.2 Å². The van der Waals surface area contributed by atoms with Crippen LogP contribution in [0.15, 0.2) is 29.1 Å². The summed E-state index contributed by atoms with van der Waals surface area (Å²) in [7, 11) is 0. The number of halogens is 1. The van der Waals surface area contributed by atoms with E-state index in [4.69, 9.17) is 5.11 Å². The van der Waals surface area contributed by atoms with Crippen molar-refractivity contribution in [1.82, 2.24) is 4.57 Å². The summed E-state index contributed by atoms with van der Waals surface area (Å²) in [5.41, 5.74) is 1.92. The van der Waals surface area contributed by atoms with E-state index in [-0.39, 0.29) is 11.4 Å². The average molecular weight is 307 g/mol. The van der Waals surface area contributed by atoms with Crippen molar-refractivity contribution in [2.75, 3.05) is 0 Å². The Kier molecular flexibility index (Phi) is 4.37. The van der Waals surface area contributed by atoms with Crippen LogP contribution >= 0.6 is 11.3 Å². The molecule has 1 heterocycles. The highest BCUT2D eigenvalue weighted by Crippen LogP contribution is 2.15. The molecule has 0 unspecified atom stereocenters. The van der Waals surface area contributed by atoms with Gasteiger partial charge in [0.2, 0.25) is 0 Å². The molecule has 0 aliphatic carbocycles. The third-order valence-corrected chi connectivity index (χ3v) is 4.11. The number of aliphatic carboxylic acids is 1. The van der Waals surface area contributed by atoms with Crippen LogP contribution < -0.4 is 4.87 Å². The largest absolute Gasteiger partial charge is 0.478 e. The first-order chi connectivity index (χ1) is 9.86. The van der Waals surface area contributed by atoms with Gasteiger partial charge in [0.25, 0.3) is 0 Å². The quantitative estimate of drug-likeness (QED) is 0.884. The Labute approximate surface area is 124 Å². The van der Waals surface area contributed by atoms with Gasteiger partial charge in [-0.25, -0.2) is 9.18 Å². The lowest BCUT2D eigenvalue weighted by Gasteiger charge is -2.07. The van der Waals surface area contributed by atoms with Crippen LogP contribution in [0, 0.1) is 19.7 Å². The van der Waals surface area contributed by atoms with Crippen LogP contribution in [-0.2, 0) is 11.3 Å². The van der Waals surface area contributed by atoms with Crippen molar-refractivity contribution in [3.63, 3.8) is 0 Å². The molecule has 0 radical (unpaired) electrons. The maximum Gasteiger partial charge on any atom is 0.328 e. The fourth-order valence-corrected chi connectivity index (χ4v) is 2.81. The highest BCUT2D eigenvalue weighted by Gasteiger charge is 2.09. The minimum atomic E-state index is -1.10. The number of thiazole rings is 1. The van der Waals surface area contributed by atoms with E-state index in [1.165, 1.54) is 18.2 Å². The molecular weight excluding hydrogens is 293 g/mol. The van der Waals surface area contributed by atoms with Gasteiger partial charge in [0.1, 0.15) is 5.82 Å². The third kappa shape index (κ3) is 3.66. The van der Waals surface area contributed by atoms with Crippen LogP contribution in [0.3, 0.4) is 0 Å². The summed E-state index contributed by atoms with van der Waals surface area (Å²) in [5, 5.41) is 8.60. The van der Waals surface area contributed by atoms with Crippen LogP contribution in [-0.4, -0.2) is 15.6 Å². The molecule has 0 spiro atoms. The highest BCUT2D eigenvalue weighted by atomic mass is 32.1. The predicted octanol–water partition coefficient (Wildman–Crippen LogP) is 2.81. The van der Waals surface area contributed by atoms with Crippen molar-refractivity contribution in [3.05, 3.63) is 61.5 Å². The van der Waals surface area contributed by atoms with Crippen molar-refractivity contribution < 1.29 is 14.3 Å². The van der Waals surface area contributed by atoms with Gasteiger partial charge in [0.05, 0.1) is 6.54 Å². The zero-order valence-corrected chi connectivity index (χ0v) is 12.4. The molecule has 21 heavy (non-hydrogen) atoms. The summed E-state index contributed by atoms with van der Waals surface area (Å²) in [6.07, 6.45) is 2.27. The van der Waals surface area contributed by atoms with Crippen molar-refractivity contribution >= 4 is 23.4 Å². The standard InChI is InChI=1S/C15H14FNO3S/c1-9-10(2)21-15(20)17(9)8-12-5-11(3-4-14(18)19)6-13(16)7-12/h3-7H,8H2,1-2H3,(H,18,19). The van der Waals surface area contributed by atoms with E-state index in [1.807, 2.05) is 13.8 Å². The highest BCUT2D eigenvalue weighted by molar-refractivity contribution is 7.09.